The summed E-state index contributed by atoms with van der Waals surface area (Å²) in [6.07, 6.45) is 1.30. The number of benzene rings is 2. The standard InChI is InChI=1S/C23H33NSi/c1-6-24(7-2)18-11-19-25(4,5)23-16-14-22(15-17-23)20(3)21-12-9-8-10-13-21/h8-10,12-17H,3,6-7,11,18-19H2,1-2,4-5H3. The Morgan fingerprint density at radius 3 is 2.00 bits per heavy atom. The van der Waals surface area contributed by atoms with Crippen LogP contribution in [0.3, 0.4) is 0 Å². The summed E-state index contributed by atoms with van der Waals surface area (Å²) < 4.78 is 0. The quantitative estimate of drug-likeness (QED) is 0.547. The molecule has 0 spiro atoms. The van der Waals surface area contributed by atoms with Gasteiger partial charge in [-0.25, -0.2) is 0 Å². The molecular weight excluding hydrogens is 318 g/mol. The van der Waals surface area contributed by atoms with Crippen LogP contribution in [0.15, 0.2) is 61.2 Å². The first-order valence-electron chi connectivity index (χ1n) is 9.55. The van der Waals surface area contributed by atoms with Gasteiger partial charge >= 0.3 is 0 Å². The van der Waals surface area contributed by atoms with Gasteiger partial charge in [0.05, 0.1) is 8.07 Å². The lowest BCUT2D eigenvalue weighted by Crippen LogP contribution is -2.41. The van der Waals surface area contributed by atoms with Crippen LogP contribution in [0.2, 0.25) is 19.1 Å². The van der Waals surface area contributed by atoms with Gasteiger partial charge in [-0.1, -0.05) is 99.3 Å². The molecule has 134 valence electrons. The van der Waals surface area contributed by atoms with Gasteiger partial charge in [-0.2, -0.15) is 0 Å². The van der Waals surface area contributed by atoms with Crippen LogP contribution in [0, 0.1) is 0 Å². The normalized spacial score (nSPS) is 11.7. The van der Waals surface area contributed by atoms with Crippen molar-refractivity contribution in [2.45, 2.75) is 39.4 Å². The molecule has 2 aromatic rings. The molecule has 0 aromatic heterocycles. The number of hydrogen-bond donors (Lipinski definition) is 0. The Kier molecular flexibility index (Phi) is 7.21. The lowest BCUT2D eigenvalue weighted by atomic mass is 10.00. The predicted molar refractivity (Wildman–Crippen MR) is 115 cm³/mol. The first-order valence-corrected chi connectivity index (χ1v) is 12.8. The summed E-state index contributed by atoms with van der Waals surface area (Å²) in [5, 5.41) is 1.55. The van der Waals surface area contributed by atoms with E-state index in [2.05, 4.69) is 87.0 Å². The Morgan fingerprint density at radius 1 is 0.880 bits per heavy atom. The van der Waals surface area contributed by atoms with Gasteiger partial charge in [0.2, 0.25) is 0 Å². The second-order valence-electron chi connectivity index (χ2n) is 7.44. The van der Waals surface area contributed by atoms with E-state index in [9.17, 15) is 0 Å². The molecule has 0 saturated carbocycles. The van der Waals surface area contributed by atoms with Gasteiger partial charge in [0.15, 0.2) is 0 Å². The summed E-state index contributed by atoms with van der Waals surface area (Å²) in [6, 6.07) is 21.0. The summed E-state index contributed by atoms with van der Waals surface area (Å²) in [5.41, 5.74) is 3.53. The summed E-state index contributed by atoms with van der Waals surface area (Å²) in [6.45, 7) is 17.3. The molecule has 0 heterocycles. The molecule has 0 radical (unpaired) electrons. The van der Waals surface area contributed by atoms with Crippen molar-refractivity contribution in [2.24, 2.45) is 0 Å². The molecule has 25 heavy (non-hydrogen) atoms. The van der Waals surface area contributed by atoms with Crippen molar-refractivity contribution in [3.05, 3.63) is 72.3 Å². The molecule has 2 heteroatoms. The van der Waals surface area contributed by atoms with Gasteiger partial charge in [0.1, 0.15) is 0 Å². The average molecular weight is 352 g/mol. The van der Waals surface area contributed by atoms with Gasteiger partial charge in [0.25, 0.3) is 0 Å². The van der Waals surface area contributed by atoms with Crippen molar-refractivity contribution in [1.82, 2.24) is 4.90 Å². The fourth-order valence-electron chi connectivity index (χ4n) is 3.36. The summed E-state index contributed by atoms with van der Waals surface area (Å²) in [7, 11) is -1.37. The Balaban J connectivity index is 2.01. The largest absolute Gasteiger partial charge is 0.304 e. The molecule has 0 aliphatic carbocycles. The topological polar surface area (TPSA) is 3.24 Å². The van der Waals surface area contributed by atoms with E-state index in [4.69, 9.17) is 0 Å². The zero-order valence-corrected chi connectivity index (χ0v) is 17.4. The van der Waals surface area contributed by atoms with Crippen LogP contribution in [-0.2, 0) is 0 Å². The minimum atomic E-state index is -1.37. The molecule has 0 amide bonds. The zero-order chi connectivity index (χ0) is 18.3. The number of hydrogen-bond acceptors (Lipinski definition) is 1. The van der Waals surface area contributed by atoms with Crippen LogP contribution in [-0.4, -0.2) is 32.6 Å². The first kappa shape index (κ1) is 19.7. The maximum atomic E-state index is 4.28. The summed E-state index contributed by atoms with van der Waals surface area (Å²) in [4.78, 5) is 2.53. The van der Waals surface area contributed by atoms with Crippen LogP contribution >= 0.6 is 0 Å². The van der Waals surface area contributed by atoms with E-state index in [1.165, 1.54) is 30.1 Å². The molecule has 0 bridgehead atoms. The van der Waals surface area contributed by atoms with Crippen molar-refractivity contribution in [3.63, 3.8) is 0 Å². The second-order valence-corrected chi connectivity index (χ2v) is 12.3. The fraction of sp³-hybridized carbons (Fsp3) is 0.391. The van der Waals surface area contributed by atoms with Crippen LogP contribution in [0.4, 0.5) is 0 Å². The molecule has 0 unspecified atom stereocenters. The van der Waals surface area contributed by atoms with Crippen molar-refractivity contribution >= 4 is 18.8 Å². The Morgan fingerprint density at radius 2 is 1.44 bits per heavy atom. The van der Waals surface area contributed by atoms with Crippen molar-refractivity contribution in [3.8, 4) is 0 Å². The van der Waals surface area contributed by atoms with Crippen molar-refractivity contribution in [2.75, 3.05) is 19.6 Å². The van der Waals surface area contributed by atoms with E-state index < -0.39 is 8.07 Å². The number of rotatable bonds is 9. The molecule has 0 fully saturated rings. The third-order valence-corrected chi connectivity index (χ3v) is 8.81. The van der Waals surface area contributed by atoms with E-state index in [0.717, 1.165) is 18.7 Å². The van der Waals surface area contributed by atoms with Gasteiger partial charge in [-0.05, 0) is 42.8 Å². The molecule has 0 aliphatic rings. The molecule has 0 aliphatic heterocycles. The lowest BCUT2D eigenvalue weighted by molar-refractivity contribution is 0.304. The van der Waals surface area contributed by atoms with Gasteiger partial charge in [-0.3, -0.25) is 0 Å². The van der Waals surface area contributed by atoms with E-state index in [0.29, 0.717) is 0 Å². The van der Waals surface area contributed by atoms with Crippen LogP contribution in [0.1, 0.15) is 31.4 Å². The summed E-state index contributed by atoms with van der Waals surface area (Å²) in [5.74, 6) is 0. The van der Waals surface area contributed by atoms with E-state index in [-0.39, 0.29) is 0 Å². The zero-order valence-electron chi connectivity index (χ0n) is 16.4. The van der Waals surface area contributed by atoms with Gasteiger partial charge < -0.3 is 4.90 Å². The molecule has 0 atom stereocenters. The van der Waals surface area contributed by atoms with E-state index >= 15 is 0 Å². The maximum Gasteiger partial charge on any atom is 0.0806 e. The SMILES string of the molecule is C=C(c1ccccc1)c1ccc([Si](C)(C)CCCN(CC)CC)cc1. The minimum Gasteiger partial charge on any atom is -0.304 e. The fourth-order valence-corrected chi connectivity index (χ4v) is 5.76. The van der Waals surface area contributed by atoms with Crippen molar-refractivity contribution in [1.29, 1.82) is 0 Å². The third kappa shape index (κ3) is 5.42. The molecule has 2 aromatic carbocycles. The highest BCUT2D eigenvalue weighted by Crippen LogP contribution is 2.21. The highest BCUT2D eigenvalue weighted by molar-refractivity contribution is 6.89. The third-order valence-electron chi connectivity index (χ3n) is 5.31. The lowest BCUT2D eigenvalue weighted by Gasteiger charge is -2.25. The highest BCUT2D eigenvalue weighted by Gasteiger charge is 2.23. The second kappa shape index (κ2) is 9.16. The minimum absolute atomic E-state index is 1.10. The first-order chi connectivity index (χ1) is 12.0. The molecule has 0 saturated heterocycles. The Bertz CT molecular complexity index is 654. The molecule has 1 nitrogen and oxygen atoms in total. The van der Waals surface area contributed by atoms with E-state index in [1.807, 2.05) is 6.07 Å². The molecule has 2 rings (SSSR count). The highest BCUT2D eigenvalue weighted by atomic mass is 28.3. The van der Waals surface area contributed by atoms with Crippen LogP contribution < -0.4 is 5.19 Å². The maximum absolute atomic E-state index is 4.28. The number of nitrogens with zero attached hydrogens (tertiary/aromatic N) is 1. The van der Waals surface area contributed by atoms with Crippen LogP contribution in [0.25, 0.3) is 5.57 Å². The Hall–Kier alpha value is -1.64. The Labute approximate surface area is 155 Å². The van der Waals surface area contributed by atoms with Crippen molar-refractivity contribution < 1.29 is 0 Å². The predicted octanol–water partition coefficient (Wildman–Crippen LogP) is 5.40. The van der Waals surface area contributed by atoms with Gasteiger partial charge in [0, 0.05) is 0 Å². The summed E-state index contributed by atoms with van der Waals surface area (Å²) >= 11 is 0. The molecule has 0 N–H and O–H groups in total. The van der Waals surface area contributed by atoms with Gasteiger partial charge in [-0.15, -0.1) is 0 Å². The van der Waals surface area contributed by atoms with Crippen LogP contribution in [0.5, 0.6) is 0 Å². The average Bonchev–Trinajstić information content (AvgIpc) is 2.65. The smallest absolute Gasteiger partial charge is 0.0806 e. The monoisotopic (exact) mass is 351 g/mol. The van der Waals surface area contributed by atoms with E-state index in [1.54, 1.807) is 5.19 Å². The molecular formula is C23H33NSi.